The number of Topliss-reactive ketones (excluding diaryl/α,β-unsaturated/α-hetero) is 1. The Morgan fingerprint density at radius 2 is 1.78 bits per heavy atom. The summed E-state index contributed by atoms with van der Waals surface area (Å²) >= 11 is 0. The van der Waals surface area contributed by atoms with Crippen molar-refractivity contribution in [3.8, 4) is 0 Å². The van der Waals surface area contributed by atoms with E-state index in [4.69, 9.17) is 0 Å². The molecule has 0 spiro atoms. The number of rotatable bonds is 6. The predicted molar refractivity (Wildman–Crippen MR) is 64.8 cm³/mol. The Hall–Kier alpha value is -1.69. The molecule has 1 aromatic rings. The third-order valence-corrected chi connectivity index (χ3v) is 3.79. The minimum absolute atomic E-state index is 0.0715. The van der Waals surface area contributed by atoms with Crippen LogP contribution in [0.1, 0.15) is 13.3 Å². The molecule has 0 bridgehead atoms. The summed E-state index contributed by atoms with van der Waals surface area (Å²) in [5.74, 6) is -2.06. The number of esters is 1. The van der Waals surface area contributed by atoms with Crippen molar-refractivity contribution >= 4 is 21.6 Å². The maximum Gasteiger partial charge on any atom is 0.313 e. The van der Waals surface area contributed by atoms with E-state index in [2.05, 4.69) is 4.74 Å². The van der Waals surface area contributed by atoms with E-state index in [1.807, 2.05) is 0 Å². The van der Waals surface area contributed by atoms with Crippen LogP contribution in [0, 0.1) is 0 Å². The molecule has 1 aromatic carbocycles. The Morgan fingerprint density at radius 3 is 2.33 bits per heavy atom. The van der Waals surface area contributed by atoms with Crippen molar-refractivity contribution in [3.63, 3.8) is 0 Å². The minimum Gasteiger partial charge on any atom is -0.466 e. The Bertz CT molecular complexity index is 519. The van der Waals surface area contributed by atoms with Crippen LogP contribution in [-0.2, 0) is 24.2 Å². The lowest BCUT2D eigenvalue weighted by atomic mass is 10.3. The topological polar surface area (TPSA) is 77.5 Å². The fraction of sp³-hybridized carbons (Fsp3) is 0.333. The molecule has 1 rings (SSSR count). The summed E-state index contributed by atoms with van der Waals surface area (Å²) in [5, 5.41) is 0. The van der Waals surface area contributed by atoms with Gasteiger partial charge in [0, 0.05) is 0 Å². The first-order chi connectivity index (χ1) is 8.45. The van der Waals surface area contributed by atoms with Crippen molar-refractivity contribution in [3.05, 3.63) is 30.3 Å². The number of hydrogen-bond donors (Lipinski definition) is 0. The van der Waals surface area contributed by atoms with Crippen molar-refractivity contribution in [1.82, 2.24) is 0 Å². The maximum absolute atomic E-state index is 11.8. The molecular weight excluding hydrogens is 256 g/mol. The lowest BCUT2D eigenvalue weighted by molar-refractivity contribution is -0.145. The Balaban J connectivity index is 2.67. The Labute approximate surface area is 106 Å². The van der Waals surface area contributed by atoms with Crippen molar-refractivity contribution in [2.75, 3.05) is 12.4 Å². The molecule has 0 aliphatic heterocycles. The van der Waals surface area contributed by atoms with E-state index in [0.717, 1.165) is 0 Å². The van der Waals surface area contributed by atoms with E-state index in [9.17, 15) is 18.0 Å². The summed E-state index contributed by atoms with van der Waals surface area (Å²) in [7, 11) is -3.68. The van der Waals surface area contributed by atoms with Crippen LogP contribution >= 0.6 is 0 Å². The summed E-state index contributed by atoms with van der Waals surface area (Å²) < 4.78 is 28.2. The first-order valence-corrected chi connectivity index (χ1v) is 7.06. The SMILES string of the molecule is CCOC(=O)CC(=O)CS(=O)(=O)c1ccccc1. The highest BCUT2D eigenvalue weighted by Gasteiger charge is 2.21. The highest BCUT2D eigenvalue weighted by Crippen LogP contribution is 2.10. The molecule has 0 saturated heterocycles. The lowest BCUT2D eigenvalue weighted by Gasteiger charge is -2.03. The molecule has 98 valence electrons. The van der Waals surface area contributed by atoms with Gasteiger partial charge in [-0.3, -0.25) is 9.59 Å². The predicted octanol–water partition coefficient (Wildman–Crippen LogP) is 0.983. The van der Waals surface area contributed by atoms with Gasteiger partial charge in [0.15, 0.2) is 15.6 Å². The standard InChI is InChI=1S/C12H14O5S/c1-2-17-12(14)8-10(13)9-18(15,16)11-6-4-3-5-7-11/h3-7H,2,8-9H2,1H3. The molecule has 0 aromatic heterocycles. The summed E-state index contributed by atoms with van der Waals surface area (Å²) in [6, 6.07) is 7.64. The van der Waals surface area contributed by atoms with E-state index >= 15 is 0 Å². The number of sulfone groups is 1. The number of carbonyl (C=O) groups is 2. The van der Waals surface area contributed by atoms with Gasteiger partial charge in [0.1, 0.15) is 12.2 Å². The fourth-order valence-electron chi connectivity index (χ4n) is 1.35. The molecule has 5 nitrogen and oxygen atoms in total. The van der Waals surface area contributed by atoms with Crippen LogP contribution < -0.4 is 0 Å². The van der Waals surface area contributed by atoms with E-state index < -0.39 is 33.8 Å². The largest absolute Gasteiger partial charge is 0.466 e. The Morgan fingerprint density at radius 1 is 1.17 bits per heavy atom. The normalized spacial score (nSPS) is 10.9. The van der Waals surface area contributed by atoms with E-state index in [-0.39, 0.29) is 11.5 Å². The number of ether oxygens (including phenoxy) is 1. The van der Waals surface area contributed by atoms with Crippen LogP contribution in [0.25, 0.3) is 0 Å². The van der Waals surface area contributed by atoms with Gasteiger partial charge in [0.2, 0.25) is 0 Å². The van der Waals surface area contributed by atoms with E-state index in [0.29, 0.717) is 0 Å². The monoisotopic (exact) mass is 270 g/mol. The fourth-order valence-corrected chi connectivity index (χ4v) is 2.61. The lowest BCUT2D eigenvalue weighted by Crippen LogP contribution is -2.20. The zero-order chi connectivity index (χ0) is 13.6. The third-order valence-electron chi connectivity index (χ3n) is 2.10. The molecule has 0 heterocycles. The van der Waals surface area contributed by atoms with Crippen molar-refractivity contribution in [1.29, 1.82) is 0 Å². The molecule has 0 atom stereocenters. The van der Waals surface area contributed by atoms with E-state index in [1.54, 1.807) is 25.1 Å². The van der Waals surface area contributed by atoms with Gasteiger partial charge in [0.05, 0.1) is 11.5 Å². The van der Waals surface area contributed by atoms with Gasteiger partial charge >= 0.3 is 5.97 Å². The van der Waals surface area contributed by atoms with Crippen LogP contribution in [-0.4, -0.2) is 32.5 Å². The second kappa shape index (κ2) is 6.30. The van der Waals surface area contributed by atoms with Crippen LogP contribution in [0.5, 0.6) is 0 Å². The van der Waals surface area contributed by atoms with Gasteiger partial charge in [-0.25, -0.2) is 8.42 Å². The molecule has 0 unspecified atom stereocenters. The Kier molecular flexibility index (Phi) is 5.03. The molecule has 0 radical (unpaired) electrons. The van der Waals surface area contributed by atoms with Crippen LogP contribution in [0.3, 0.4) is 0 Å². The van der Waals surface area contributed by atoms with Crippen LogP contribution in [0.2, 0.25) is 0 Å². The van der Waals surface area contributed by atoms with Crippen molar-refractivity contribution in [2.24, 2.45) is 0 Å². The molecule has 18 heavy (non-hydrogen) atoms. The van der Waals surface area contributed by atoms with E-state index in [1.165, 1.54) is 12.1 Å². The van der Waals surface area contributed by atoms with Crippen LogP contribution in [0.15, 0.2) is 35.2 Å². The molecule has 6 heteroatoms. The van der Waals surface area contributed by atoms with Crippen molar-refractivity contribution < 1.29 is 22.7 Å². The van der Waals surface area contributed by atoms with Gasteiger partial charge in [-0.05, 0) is 19.1 Å². The first-order valence-electron chi connectivity index (χ1n) is 5.41. The smallest absolute Gasteiger partial charge is 0.313 e. The maximum atomic E-state index is 11.8. The molecular formula is C12H14O5S. The summed E-state index contributed by atoms with van der Waals surface area (Å²) in [5.41, 5.74) is 0. The average molecular weight is 270 g/mol. The molecule has 0 N–H and O–H groups in total. The molecule has 0 saturated carbocycles. The van der Waals surface area contributed by atoms with Crippen LogP contribution in [0.4, 0.5) is 0 Å². The molecule has 0 amide bonds. The summed E-state index contributed by atoms with van der Waals surface area (Å²) in [6.07, 6.45) is -0.514. The highest BCUT2D eigenvalue weighted by molar-refractivity contribution is 7.92. The molecule has 0 aliphatic carbocycles. The number of hydrogen-bond acceptors (Lipinski definition) is 5. The number of benzene rings is 1. The van der Waals surface area contributed by atoms with Gasteiger partial charge in [-0.1, -0.05) is 18.2 Å². The number of ketones is 1. The first kappa shape index (κ1) is 14.4. The summed E-state index contributed by atoms with van der Waals surface area (Å²) in [6.45, 7) is 1.78. The van der Waals surface area contributed by atoms with Crippen molar-refractivity contribution in [2.45, 2.75) is 18.2 Å². The van der Waals surface area contributed by atoms with Gasteiger partial charge in [-0.15, -0.1) is 0 Å². The second-order valence-corrected chi connectivity index (χ2v) is 5.58. The van der Waals surface area contributed by atoms with Gasteiger partial charge in [-0.2, -0.15) is 0 Å². The van der Waals surface area contributed by atoms with Gasteiger partial charge < -0.3 is 4.74 Å². The molecule has 0 aliphatic rings. The summed E-state index contributed by atoms with van der Waals surface area (Å²) in [4.78, 5) is 22.5. The zero-order valence-corrected chi connectivity index (χ0v) is 10.8. The zero-order valence-electron chi connectivity index (χ0n) is 9.96. The number of carbonyl (C=O) groups excluding carboxylic acids is 2. The minimum atomic E-state index is -3.68. The third kappa shape index (κ3) is 4.29. The highest BCUT2D eigenvalue weighted by atomic mass is 32.2. The second-order valence-electron chi connectivity index (χ2n) is 3.59. The molecule has 0 fully saturated rings. The average Bonchev–Trinajstić information content (AvgIpc) is 2.29. The quantitative estimate of drug-likeness (QED) is 0.569. The van der Waals surface area contributed by atoms with Gasteiger partial charge in [0.25, 0.3) is 0 Å².